The highest BCUT2D eigenvalue weighted by atomic mass is 16.6. The second-order valence-electron chi connectivity index (χ2n) is 6.75. The summed E-state index contributed by atoms with van der Waals surface area (Å²) < 4.78 is 10.3. The van der Waals surface area contributed by atoms with Gasteiger partial charge in [0.2, 0.25) is 5.91 Å². The number of carbonyl (C=O) groups excluding carboxylic acids is 3. The predicted octanol–water partition coefficient (Wildman–Crippen LogP) is 1.96. The first-order valence-corrected chi connectivity index (χ1v) is 9.48. The third kappa shape index (κ3) is 4.47. The van der Waals surface area contributed by atoms with Crippen molar-refractivity contribution in [2.75, 3.05) is 27.3 Å². The van der Waals surface area contributed by atoms with Crippen molar-refractivity contribution in [3.63, 3.8) is 0 Å². The van der Waals surface area contributed by atoms with Crippen LogP contribution in [0.2, 0.25) is 0 Å². The minimum absolute atomic E-state index is 0.0469. The van der Waals surface area contributed by atoms with Crippen molar-refractivity contribution in [1.82, 2.24) is 10.2 Å². The lowest BCUT2D eigenvalue weighted by atomic mass is 10.1. The van der Waals surface area contributed by atoms with Crippen LogP contribution in [0.15, 0.2) is 36.4 Å². The number of fused-ring (bicyclic) bond motifs is 1. The molecule has 1 aliphatic heterocycles. The summed E-state index contributed by atoms with van der Waals surface area (Å²) in [4.78, 5) is 48.7. The molecule has 0 bridgehead atoms. The van der Waals surface area contributed by atoms with E-state index in [0.717, 1.165) is 4.90 Å². The van der Waals surface area contributed by atoms with Crippen molar-refractivity contribution in [3.05, 3.63) is 63.2 Å². The SMILES string of the molecule is COc1cc(CCNC(=O)CCN2C(=O)c3ccccc3C2=O)c([N+](=O)[O-])cc1OC. The maximum absolute atomic E-state index is 12.3. The van der Waals surface area contributed by atoms with Gasteiger partial charge in [0.25, 0.3) is 17.5 Å². The number of rotatable bonds is 9. The lowest BCUT2D eigenvalue weighted by Gasteiger charge is -2.14. The van der Waals surface area contributed by atoms with Crippen LogP contribution in [-0.4, -0.2) is 54.9 Å². The molecule has 10 nitrogen and oxygen atoms in total. The molecule has 2 aromatic rings. The van der Waals surface area contributed by atoms with Gasteiger partial charge in [-0.25, -0.2) is 0 Å². The van der Waals surface area contributed by atoms with E-state index in [2.05, 4.69) is 5.32 Å². The molecule has 1 N–H and O–H groups in total. The summed E-state index contributed by atoms with van der Waals surface area (Å²) in [6, 6.07) is 9.28. The van der Waals surface area contributed by atoms with Crippen LogP contribution in [-0.2, 0) is 11.2 Å². The fraction of sp³-hybridized carbons (Fsp3) is 0.286. The van der Waals surface area contributed by atoms with Gasteiger partial charge in [-0.1, -0.05) is 12.1 Å². The number of nitrogens with zero attached hydrogens (tertiary/aromatic N) is 2. The maximum Gasteiger partial charge on any atom is 0.276 e. The molecular weight excluding hydrogens is 406 g/mol. The van der Waals surface area contributed by atoms with E-state index in [0.29, 0.717) is 22.4 Å². The number of nitro benzene ring substituents is 1. The summed E-state index contributed by atoms with van der Waals surface area (Å²) in [6.07, 6.45) is 0.120. The number of amides is 3. The van der Waals surface area contributed by atoms with Crippen molar-refractivity contribution in [2.45, 2.75) is 12.8 Å². The zero-order valence-corrected chi connectivity index (χ0v) is 17.0. The first-order chi connectivity index (χ1) is 14.9. The Labute approximate surface area is 177 Å². The Kier molecular flexibility index (Phi) is 6.49. The standard InChI is InChI=1S/C21H21N3O7/c1-30-17-11-13(16(24(28)29)12-18(17)31-2)7-9-22-19(25)8-10-23-20(26)14-5-3-4-6-15(14)21(23)27/h3-6,11-12H,7-10H2,1-2H3,(H,22,25). The highest BCUT2D eigenvalue weighted by molar-refractivity contribution is 6.21. The number of nitro groups is 1. The van der Waals surface area contributed by atoms with E-state index in [9.17, 15) is 24.5 Å². The minimum atomic E-state index is -0.526. The van der Waals surface area contributed by atoms with Crippen molar-refractivity contribution in [3.8, 4) is 11.5 Å². The van der Waals surface area contributed by atoms with Crippen molar-refractivity contribution in [1.29, 1.82) is 0 Å². The zero-order valence-electron chi connectivity index (χ0n) is 17.0. The van der Waals surface area contributed by atoms with Crippen molar-refractivity contribution >= 4 is 23.4 Å². The average molecular weight is 427 g/mol. The van der Waals surface area contributed by atoms with Crippen molar-refractivity contribution < 1.29 is 28.8 Å². The smallest absolute Gasteiger partial charge is 0.276 e. The van der Waals surface area contributed by atoms with E-state index in [1.54, 1.807) is 24.3 Å². The average Bonchev–Trinajstić information content (AvgIpc) is 3.01. The zero-order chi connectivity index (χ0) is 22.5. The van der Waals surface area contributed by atoms with E-state index in [1.807, 2.05) is 0 Å². The topological polar surface area (TPSA) is 128 Å². The summed E-state index contributed by atoms with van der Waals surface area (Å²) in [5.41, 5.74) is 0.892. The molecule has 3 amide bonds. The summed E-state index contributed by atoms with van der Waals surface area (Å²) in [5, 5.41) is 14.0. The summed E-state index contributed by atoms with van der Waals surface area (Å²) >= 11 is 0. The van der Waals surface area contributed by atoms with Gasteiger partial charge in [-0.3, -0.25) is 29.4 Å². The molecule has 31 heavy (non-hydrogen) atoms. The molecule has 0 unspecified atom stereocenters. The molecule has 1 aliphatic rings. The Bertz CT molecular complexity index is 1020. The predicted molar refractivity (Wildman–Crippen MR) is 109 cm³/mol. The molecule has 0 radical (unpaired) electrons. The van der Waals surface area contributed by atoms with Gasteiger partial charge >= 0.3 is 0 Å². The first-order valence-electron chi connectivity index (χ1n) is 9.48. The highest BCUT2D eigenvalue weighted by Crippen LogP contribution is 2.34. The lowest BCUT2D eigenvalue weighted by molar-refractivity contribution is -0.385. The molecule has 0 atom stereocenters. The van der Waals surface area contributed by atoms with Crippen LogP contribution in [0.25, 0.3) is 0 Å². The summed E-state index contributed by atoms with van der Waals surface area (Å²) in [5.74, 6) is -0.633. The number of ether oxygens (including phenoxy) is 2. The van der Waals surface area contributed by atoms with Gasteiger partial charge in [0.05, 0.1) is 36.3 Å². The molecule has 1 heterocycles. The van der Waals surface area contributed by atoms with Crippen LogP contribution < -0.4 is 14.8 Å². The number of carbonyl (C=O) groups is 3. The molecule has 0 aliphatic carbocycles. The van der Waals surface area contributed by atoms with Crippen LogP contribution in [0.1, 0.15) is 32.7 Å². The van der Waals surface area contributed by atoms with Gasteiger partial charge in [-0.05, 0) is 24.6 Å². The lowest BCUT2D eigenvalue weighted by Crippen LogP contribution is -2.35. The minimum Gasteiger partial charge on any atom is -0.493 e. The molecule has 0 saturated carbocycles. The van der Waals surface area contributed by atoms with E-state index in [4.69, 9.17) is 9.47 Å². The summed E-state index contributed by atoms with van der Waals surface area (Å²) in [6.45, 7) is 0.0892. The van der Waals surface area contributed by atoms with Gasteiger partial charge in [0.15, 0.2) is 11.5 Å². The molecule has 0 fully saturated rings. The fourth-order valence-electron chi connectivity index (χ4n) is 3.36. The number of hydrogen-bond donors (Lipinski definition) is 1. The maximum atomic E-state index is 12.3. The Morgan fingerprint density at radius 3 is 2.19 bits per heavy atom. The van der Waals surface area contributed by atoms with E-state index >= 15 is 0 Å². The summed E-state index contributed by atoms with van der Waals surface area (Å²) in [7, 11) is 2.81. The van der Waals surface area contributed by atoms with Crippen LogP contribution in [0.5, 0.6) is 11.5 Å². The highest BCUT2D eigenvalue weighted by Gasteiger charge is 2.34. The molecule has 10 heteroatoms. The quantitative estimate of drug-likeness (QED) is 0.368. The van der Waals surface area contributed by atoms with Gasteiger partial charge in [-0.15, -0.1) is 0 Å². The fourth-order valence-corrected chi connectivity index (χ4v) is 3.36. The Morgan fingerprint density at radius 1 is 1.06 bits per heavy atom. The molecule has 0 aromatic heterocycles. The van der Waals surface area contributed by atoms with Gasteiger partial charge in [0, 0.05) is 25.1 Å². The first kappa shape index (κ1) is 21.8. The Morgan fingerprint density at radius 2 is 1.65 bits per heavy atom. The third-order valence-electron chi connectivity index (χ3n) is 4.94. The van der Waals surface area contributed by atoms with Crippen LogP contribution >= 0.6 is 0 Å². The molecule has 2 aromatic carbocycles. The number of methoxy groups -OCH3 is 2. The number of imide groups is 1. The second kappa shape index (κ2) is 9.24. The second-order valence-corrected chi connectivity index (χ2v) is 6.75. The van der Waals surface area contributed by atoms with E-state index in [1.165, 1.54) is 26.4 Å². The van der Waals surface area contributed by atoms with Gasteiger partial charge in [-0.2, -0.15) is 0 Å². The normalized spacial score (nSPS) is 12.5. The third-order valence-corrected chi connectivity index (χ3v) is 4.94. The van der Waals surface area contributed by atoms with Crippen LogP contribution in [0.4, 0.5) is 5.69 Å². The van der Waals surface area contributed by atoms with Crippen LogP contribution in [0.3, 0.4) is 0 Å². The molecule has 162 valence electrons. The Hall–Kier alpha value is -3.95. The number of hydrogen-bond acceptors (Lipinski definition) is 7. The number of nitrogens with one attached hydrogen (secondary N) is 1. The van der Waals surface area contributed by atoms with E-state index < -0.39 is 16.7 Å². The molecular formula is C21H21N3O7. The molecule has 0 spiro atoms. The number of benzene rings is 2. The van der Waals surface area contributed by atoms with Gasteiger partial charge in [0.1, 0.15) is 0 Å². The Balaban J connectivity index is 1.56. The molecule has 0 saturated heterocycles. The van der Waals surface area contributed by atoms with E-state index in [-0.39, 0.29) is 43.3 Å². The van der Waals surface area contributed by atoms with Crippen LogP contribution in [0, 0.1) is 10.1 Å². The van der Waals surface area contributed by atoms with Crippen molar-refractivity contribution in [2.24, 2.45) is 0 Å². The molecule has 3 rings (SSSR count). The van der Waals surface area contributed by atoms with Gasteiger partial charge < -0.3 is 14.8 Å². The monoisotopic (exact) mass is 427 g/mol. The largest absolute Gasteiger partial charge is 0.493 e.